The van der Waals surface area contributed by atoms with Gasteiger partial charge >= 0.3 is 5.97 Å². The van der Waals surface area contributed by atoms with E-state index in [0.717, 1.165) is 6.54 Å². The minimum atomic E-state index is -1.77. The zero-order chi connectivity index (χ0) is 28.7. The van der Waals surface area contributed by atoms with Crippen LogP contribution >= 0.6 is 0 Å². The molecule has 1 saturated heterocycles. The molecule has 0 aromatic heterocycles. The monoisotopic (exact) mass is 528 g/mol. The maximum atomic E-state index is 13.3. The number of ether oxygens (including phenoxy) is 3. The van der Waals surface area contributed by atoms with Crippen molar-refractivity contribution in [1.82, 2.24) is 4.90 Å². The molecule has 0 bridgehead atoms. The number of hydrogen-bond donors (Lipinski definition) is 2. The third-order valence-electron chi connectivity index (χ3n) is 8.47. The molecule has 1 heterocycles. The van der Waals surface area contributed by atoms with Crippen LogP contribution in [0.2, 0.25) is 0 Å². The lowest BCUT2D eigenvalue weighted by atomic mass is 9.71. The van der Waals surface area contributed by atoms with E-state index >= 15 is 0 Å². The molecule has 0 aromatic carbocycles. The minimum Gasteiger partial charge on any atom is -0.459 e. The Morgan fingerprint density at radius 2 is 1.70 bits per heavy atom. The second kappa shape index (κ2) is 14.1. The van der Waals surface area contributed by atoms with Crippen LogP contribution in [0, 0.1) is 29.6 Å². The number of aliphatic imine (C=N–C) groups is 1. The van der Waals surface area contributed by atoms with Gasteiger partial charge in [0.15, 0.2) is 0 Å². The van der Waals surface area contributed by atoms with E-state index in [9.17, 15) is 19.8 Å². The van der Waals surface area contributed by atoms with Crippen molar-refractivity contribution in [2.45, 2.75) is 91.6 Å². The lowest BCUT2D eigenvalue weighted by Gasteiger charge is -2.43. The Labute approximate surface area is 223 Å². The molecule has 0 saturated carbocycles. The molecule has 9 atom stereocenters. The van der Waals surface area contributed by atoms with E-state index in [1.165, 1.54) is 13.8 Å². The van der Waals surface area contributed by atoms with Crippen molar-refractivity contribution in [2.24, 2.45) is 34.6 Å². The highest BCUT2D eigenvalue weighted by Gasteiger charge is 2.48. The summed E-state index contributed by atoms with van der Waals surface area (Å²) in [6.45, 7) is 15.7. The molecule has 1 fully saturated rings. The molecular weight excluding hydrogens is 476 g/mol. The highest BCUT2D eigenvalue weighted by atomic mass is 16.6. The average molecular weight is 529 g/mol. The number of nitrogens with zero attached hydrogens (tertiary/aromatic N) is 2. The molecule has 37 heavy (non-hydrogen) atoms. The van der Waals surface area contributed by atoms with Crippen molar-refractivity contribution in [3.05, 3.63) is 0 Å². The number of likely N-dealkylation sites (N-methyl/N-ethyl adjacent to an activating group) is 1. The standard InChI is InChI=1S/C28H52N2O7/c1-12-22-28(8,34)25(32)19(4)23(29-16-36-14-13-30(9)10)17(2)15-27(7,35-11)21(6)18(3)24(31)20(5)26(33)37-22/h17-22,25,32,34H,12-16H2,1-11H3/t17-,18-,19+,20-,21-,22-,25-,27-,28-/m1/s1. The molecule has 0 amide bonds. The molecular formula is C28H52N2O7. The number of rotatable bonds is 7. The van der Waals surface area contributed by atoms with Crippen molar-refractivity contribution in [2.75, 3.05) is 41.1 Å². The van der Waals surface area contributed by atoms with Gasteiger partial charge in [0.05, 0.1) is 18.3 Å². The number of hydrogen-bond acceptors (Lipinski definition) is 9. The molecule has 216 valence electrons. The van der Waals surface area contributed by atoms with Crippen LogP contribution in [0.25, 0.3) is 0 Å². The highest BCUT2D eigenvalue weighted by Crippen LogP contribution is 2.38. The fraction of sp³-hybridized carbons (Fsp3) is 0.893. The number of cyclic esters (lactones) is 1. The number of methoxy groups -OCH3 is 1. The molecule has 0 aromatic rings. The van der Waals surface area contributed by atoms with Gasteiger partial charge in [-0.2, -0.15) is 0 Å². The van der Waals surface area contributed by atoms with Crippen molar-refractivity contribution < 1.29 is 34.0 Å². The van der Waals surface area contributed by atoms with Crippen LogP contribution in [-0.4, -0.2) is 97.1 Å². The van der Waals surface area contributed by atoms with Crippen molar-refractivity contribution in [3.8, 4) is 0 Å². The summed E-state index contributed by atoms with van der Waals surface area (Å²) in [6, 6.07) is 0. The van der Waals surface area contributed by atoms with Crippen molar-refractivity contribution in [3.63, 3.8) is 0 Å². The number of carbonyl (C=O) groups is 2. The topological polar surface area (TPSA) is 118 Å². The van der Waals surface area contributed by atoms with E-state index in [2.05, 4.69) is 0 Å². The first-order chi connectivity index (χ1) is 17.0. The second-order valence-electron chi connectivity index (χ2n) is 11.5. The van der Waals surface area contributed by atoms with E-state index in [4.69, 9.17) is 19.2 Å². The van der Waals surface area contributed by atoms with Gasteiger partial charge in [-0.25, -0.2) is 0 Å². The first-order valence-electron chi connectivity index (χ1n) is 13.5. The van der Waals surface area contributed by atoms with E-state index < -0.39 is 47.1 Å². The summed E-state index contributed by atoms with van der Waals surface area (Å²) in [5.74, 6) is -3.35. The summed E-state index contributed by atoms with van der Waals surface area (Å²) in [5.41, 5.74) is -1.81. The first kappa shape index (κ1) is 33.6. The Hall–Kier alpha value is -1.39. The van der Waals surface area contributed by atoms with Gasteiger partial charge in [0.25, 0.3) is 0 Å². The molecule has 1 aliphatic rings. The molecule has 0 aliphatic carbocycles. The van der Waals surface area contributed by atoms with E-state index in [-0.39, 0.29) is 30.8 Å². The predicted octanol–water partition coefficient (Wildman–Crippen LogP) is 2.96. The fourth-order valence-corrected chi connectivity index (χ4v) is 5.35. The minimum absolute atomic E-state index is 0.116. The summed E-state index contributed by atoms with van der Waals surface area (Å²) in [7, 11) is 5.55. The number of carbonyl (C=O) groups excluding carboxylic acids is 2. The van der Waals surface area contributed by atoms with Crippen molar-refractivity contribution in [1.29, 1.82) is 0 Å². The molecule has 0 spiro atoms. The second-order valence-corrected chi connectivity index (χ2v) is 11.5. The van der Waals surface area contributed by atoms with Crippen LogP contribution in [0.4, 0.5) is 0 Å². The van der Waals surface area contributed by atoms with Crippen LogP contribution in [0.1, 0.15) is 68.2 Å². The predicted molar refractivity (Wildman–Crippen MR) is 144 cm³/mol. The number of esters is 1. The fourth-order valence-electron chi connectivity index (χ4n) is 5.35. The zero-order valence-electron chi connectivity index (χ0n) is 24.9. The summed E-state index contributed by atoms with van der Waals surface area (Å²) < 4.78 is 17.4. The Kier molecular flexibility index (Phi) is 12.8. The third-order valence-corrected chi connectivity index (χ3v) is 8.47. The maximum Gasteiger partial charge on any atom is 0.316 e. The Morgan fingerprint density at radius 1 is 1.11 bits per heavy atom. The SMILES string of the molecule is CC[C@H]1OC(=O)[C@H](C)C(=O)[C@H](C)[C@@H](C)[C@](C)(OC)C[C@@H](C)C(=NCOCCN(C)C)[C@H](C)[C@@H](O)[C@]1(C)O. The number of aliphatic hydroxyl groups excluding tert-OH is 1. The summed E-state index contributed by atoms with van der Waals surface area (Å²) in [5, 5.41) is 22.8. The summed E-state index contributed by atoms with van der Waals surface area (Å²) in [6.07, 6.45) is -1.49. The highest BCUT2D eigenvalue weighted by molar-refractivity contribution is 5.99. The van der Waals surface area contributed by atoms with Crippen LogP contribution in [0.3, 0.4) is 0 Å². The van der Waals surface area contributed by atoms with E-state index in [0.29, 0.717) is 18.7 Å². The van der Waals surface area contributed by atoms with Gasteiger partial charge < -0.3 is 29.3 Å². The zero-order valence-corrected chi connectivity index (χ0v) is 24.9. The normalized spacial score (nSPS) is 40.1. The lowest BCUT2D eigenvalue weighted by Crippen LogP contribution is -2.56. The Balaban J connectivity index is 3.55. The molecule has 1 aliphatic heterocycles. The van der Waals surface area contributed by atoms with Crippen LogP contribution in [0.5, 0.6) is 0 Å². The number of aliphatic hydroxyl groups is 2. The van der Waals surface area contributed by atoms with Gasteiger partial charge in [0.1, 0.15) is 30.1 Å². The van der Waals surface area contributed by atoms with Gasteiger partial charge in [-0.05, 0) is 59.5 Å². The Morgan fingerprint density at radius 3 is 2.22 bits per heavy atom. The molecule has 9 heteroatoms. The smallest absolute Gasteiger partial charge is 0.316 e. The van der Waals surface area contributed by atoms with E-state index in [1.54, 1.807) is 14.0 Å². The molecule has 9 nitrogen and oxygen atoms in total. The largest absolute Gasteiger partial charge is 0.459 e. The van der Waals surface area contributed by atoms with Crippen molar-refractivity contribution >= 4 is 17.5 Å². The van der Waals surface area contributed by atoms with Crippen LogP contribution in [0.15, 0.2) is 4.99 Å². The average Bonchev–Trinajstić information content (AvgIpc) is 2.85. The van der Waals surface area contributed by atoms with Crippen LogP contribution in [-0.2, 0) is 23.8 Å². The van der Waals surface area contributed by atoms with Gasteiger partial charge in [0.2, 0.25) is 0 Å². The molecule has 0 unspecified atom stereocenters. The molecule has 0 radical (unpaired) electrons. The summed E-state index contributed by atoms with van der Waals surface area (Å²) in [4.78, 5) is 33.0. The number of ketones is 1. The molecule has 1 rings (SSSR count). The Bertz CT molecular complexity index is 784. The number of Topliss-reactive ketones (excluding diaryl/α,β-unsaturated/α-hetero) is 1. The third kappa shape index (κ3) is 8.30. The van der Waals surface area contributed by atoms with Crippen LogP contribution < -0.4 is 0 Å². The van der Waals surface area contributed by atoms with Gasteiger partial charge in [-0.3, -0.25) is 14.6 Å². The van der Waals surface area contributed by atoms with E-state index in [1.807, 2.05) is 53.6 Å². The lowest BCUT2D eigenvalue weighted by molar-refractivity contribution is -0.186. The maximum absolute atomic E-state index is 13.3. The first-order valence-corrected chi connectivity index (χ1v) is 13.5. The molecule has 2 N–H and O–H groups in total. The quantitative estimate of drug-likeness (QED) is 0.294. The van der Waals surface area contributed by atoms with Gasteiger partial charge in [-0.15, -0.1) is 0 Å². The summed E-state index contributed by atoms with van der Waals surface area (Å²) >= 11 is 0. The van der Waals surface area contributed by atoms with Gasteiger partial charge in [-0.1, -0.05) is 34.6 Å². The van der Waals surface area contributed by atoms with Gasteiger partial charge in [0, 0.05) is 31.2 Å².